The van der Waals surface area contributed by atoms with Crippen molar-refractivity contribution < 1.29 is 8.42 Å². The number of sulfonamides is 1. The Bertz CT molecular complexity index is 701. The van der Waals surface area contributed by atoms with Crippen molar-refractivity contribution in [2.24, 2.45) is 0 Å². The largest absolute Gasteiger partial charge is 0.240 e. The summed E-state index contributed by atoms with van der Waals surface area (Å²) in [6.07, 6.45) is 0. The first-order chi connectivity index (χ1) is 9.37. The molecule has 2 aromatic rings. The Kier molecular flexibility index (Phi) is 4.26. The molecule has 3 nitrogen and oxygen atoms in total. The van der Waals surface area contributed by atoms with Crippen LogP contribution in [0.25, 0.3) is 0 Å². The van der Waals surface area contributed by atoms with Crippen molar-refractivity contribution >= 4 is 10.0 Å². The van der Waals surface area contributed by atoms with E-state index in [4.69, 9.17) is 0 Å². The van der Waals surface area contributed by atoms with E-state index in [1.807, 2.05) is 39.0 Å². The molecule has 20 heavy (non-hydrogen) atoms. The van der Waals surface area contributed by atoms with Crippen molar-refractivity contribution in [3.8, 4) is 0 Å². The van der Waals surface area contributed by atoms with Crippen molar-refractivity contribution in [2.45, 2.75) is 32.2 Å². The van der Waals surface area contributed by atoms with Gasteiger partial charge in [0, 0.05) is 6.54 Å². The third kappa shape index (κ3) is 3.68. The third-order valence-corrected chi connectivity index (χ3v) is 4.45. The number of hydrogen-bond donors (Lipinski definition) is 1. The van der Waals surface area contributed by atoms with Crippen LogP contribution >= 0.6 is 0 Å². The average Bonchev–Trinajstić information content (AvgIpc) is 2.35. The van der Waals surface area contributed by atoms with Gasteiger partial charge < -0.3 is 0 Å². The highest BCUT2D eigenvalue weighted by Crippen LogP contribution is 2.13. The van der Waals surface area contributed by atoms with Gasteiger partial charge >= 0.3 is 0 Å². The minimum Gasteiger partial charge on any atom is -0.207 e. The van der Waals surface area contributed by atoms with Crippen LogP contribution in [0.15, 0.2) is 47.4 Å². The summed E-state index contributed by atoms with van der Waals surface area (Å²) in [5, 5.41) is 0. The Morgan fingerprint density at radius 2 is 1.55 bits per heavy atom. The monoisotopic (exact) mass is 289 g/mol. The molecule has 106 valence electrons. The summed E-state index contributed by atoms with van der Waals surface area (Å²) in [6, 6.07) is 13.0. The highest BCUT2D eigenvalue weighted by atomic mass is 32.2. The van der Waals surface area contributed by atoms with E-state index < -0.39 is 10.0 Å². The van der Waals surface area contributed by atoms with Crippen LogP contribution in [-0.4, -0.2) is 8.42 Å². The molecule has 0 spiro atoms. The number of nitrogens with one attached hydrogen (secondary N) is 1. The van der Waals surface area contributed by atoms with E-state index >= 15 is 0 Å². The Labute approximate surface area is 120 Å². The van der Waals surface area contributed by atoms with E-state index in [1.165, 1.54) is 0 Å². The van der Waals surface area contributed by atoms with Crippen LogP contribution in [0.5, 0.6) is 0 Å². The molecule has 2 rings (SSSR count). The molecule has 2 aromatic carbocycles. The number of rotatable bonds is 4. The van der Waals surface area contributed by atoms with Crippen molar-refractivity contribution in [3.63, 3.8) is 0 Å². The van der Waals surface area contributed by atoms with Gasteiger partial charge in [-0.15, -0.1) is 0 Å². The maximum atomic E-state index is 12.2. The van der Waals surface area contributed by atoms with E-state index in [9.17, 15) is 8.42 Å². The number of aryl methyl sites for hydroxylation is 3. The summed E-state index contributed by atoms with van der Waals surface area (Å²) in [7, 11) is -3.46. The zero-order chi connectivity index (χ0) is 14.8. The van der Waals surface area contributed by atoms with E-state index in [1.54, 1.807) is 18.2 Å². The van der Waals surface area contributed by atoms with Gasteiger partial charge in [-0.05, 0) is 44.0 Å². The van der Waals surface area contributed by atoms with Crippen LogP contribution in [0.2, 0.25) is 0 Å². The van der Waals surface area contributed by atoms with Crippen LogP contribution in [0.1, 0.15) is 22.3 Å². The molecule has 4 heteroatoms. The standard InChI is InChI=1S/C16H19NO2S/c1-12-5-4-6-16(10-12)20(18,19)17-11-15-8-13(2)7-14(3)9-15/h4-10,17H,11H2,1-3H3. The lowest BCUT2D eigenvalue weighted by molar-refractivity contribution is 0.581. The molecule has 0 radical (unpaired) electrons. The molecule has 0 amide bonds. The van der Waals surface area contributed by atoms with Crippen molar-refractivity contribution in [1.82, 2.24) is 4.72 Å². The summed E-state index contributed by atoms with van der Waals surface area (Å²) in [5.41, 5.74) is 4.17. The SMILES string of the molecule is Cc1cc(C)cc(CNS(=O)(=O)c2cccc(C)c2)c1. The lowest BCUT2D eigenvalue weighted by Crippen LogP contribution is -2.23. The van der Waals surface area contributed by atoms with Crippen LogP contribution in [0.4, 0.5) is 0 Å². The molecule has 0 saturated heterocycles. The Balaban J connectivity index is 2.17. The summed E-state index contributed by atoms with van der Waals surface area (Å²) >= 11 is 0. The predicted molar refractivity (Wildman–Crippen MR) is 81.1 cm³/mol. The molecule has 0 unspecified atom stereocenters. The smallest absolute Gasteiger partial charge is 0.207 e. The molecule has 0 aliphatic rings. The second-order valence-corrected chi connectivity index (χ2v) is 6.90. The number of hydrogen-bond acceptors (Lipinski definition) is 2. The zero-order valence-electron chi connectivity index (χ0n) is 12.0. The van der Waals surface area contributed by atoms with Crippen LogP contribution in [0, 0.1) is 20.8 Å². The van der Waals surface area contributed by atoms with Gasteiger partial charge in [-0.2, -0.15) is 0 Å². The zero-order valence-corrected chi connectivity index (χ0v) is 12.8. The van der Waals surface area contributed by atoms with Crippen LogP contribution in [0.3, 0.4) is 0 Å². The molecular weight excluding hydrogens is 270 g/mol. The maximum Gasteiger partial charge on any atom is 0.240 e. The first kappa shape index (κ1) is 14.8. The van der Waals surface area contributed by atoms with Gasteiger partial charge in [0.05, 0.1) is 4.90 Å². The first-order valence-corrected chi connectivity index (χ1v) is 7.99. The Hall–Kier alpha value is -1.65. The molecular formula is C16H19NO2S. The van der Waals surface area contributed by atoms with Crippen molar-refractivity contribution in [3.05, 3.63) is 64.7 Å². The molecule has 0 fully saturated rings. The minimum atomic E-state index is -3.46. The summed E-state index contributed by atoms with van der Waals surface area (Å²) in [4.78, 5) is 0.307. The molecule has 0 aromatic heterocycles. The second-order valence-electron chi connectivity index (χ2n) is 5.14. The Morgan fingerprint density at radius 1 is 0.900 bits per heavy atom. The summed E-state index contributed by atoms with van der Waals surface area (Å²) in [5.74, 6) is 0. The normalized spacial score (nSPS) is 11.6. The van der Waals surface area contributed by atoms with Gasteiger partial charge in [0.2, 0.25) is 10.0 Å². The van der Waals surface area contributed by atoms with Crippen molar-refractivity contribution in [1.29, 1.82) is 0 Å². The van der Waals surface area contributed by atoms with Gasteiger partial charge in [-0.3, -0.25) is 0 Å². The van der Waals surface area contributed by atoms with Gasteiger partial charge in [-0.1, -0.05) is 41.5 Å². The molecule has 0 atom stereocenters. The van der Waals surface area contributed by atoms with E-state index in [-0.39, 0.29) is 0 Å². The van der Waals surface area contributed by atoms with Gasteiger partial charge in [0.25, 0.3) is 0 Å². The number of benzene rings is 2. The maximum absolute atomic E-state index is 12.2. The minimum absolute atomic E-state index is 0.304. The fourth-order valence-electron chi connectivity index (χ4n) is 2.22. The highest BCUT2D eigenvalue weighted by molar-refractivity contribution is 7.89. The topological polar surface area (TPSA) is 46.2 Å². The lowest BCUT2D eigenvalue weighted by atomic mass is 10.1. The molecule has 0 saturated carbocycles. The first-order valence-electron chi connectivity index (χ1n) is 6.50. The highest BCUT2D eigenvalue weighted by Gasteiger charge is 2.13. The molecule has 1 N–H and O–H groups in total. The second kappa shape index (κ2) is 5.77. The molecule has 0 aliphatic carbocycles. The molecule has 0 heterocycles. The van der Waals surface area contributed by atoms with E-state index in [0.717, 1.165) is 22.3 Å². The third-order valence-electron chi connectivity index (χ3n) is 3.05. The molecule has 0 aliphatic heterocycles. The van der Waals surface area contributed by atoms with E-state index in [2.05, 4.69) is 10.8 Å². The molecule has 0 bridgehead atoms. The predicted octanol–water partition coefficient (Wildman–Crippen LogP) is 3.09. The Morgan fingerprint density at radius 3 is 2.15 bits per heavy atom. The van der Waals surface area contributed by atoms with Gasteiger partial charge in [-0.25, -0.2) is 13.1 Å². The van der Waals surface area contributed by atoms with E-state index in [0.29, 0.717) is 11.4 Å². The van der Waals surface area contributed by atoms with Crippen LogP contribution in [-0.2, 0) is 16.6 Å². The fraction of sp³-hybridized carbons (Fsp3) is 0.250. The van der Waals surface area contributed by atoms with Crippen molar-refractivity contribution in [2.75, 3.05) is 0 Å². The quantitative estimate of drug-likeness (QED) is 0.940. The fourth-order valence-corrected chi connectivity index (χ4v) is 3.34. The average molecular weight is 289 g/mol. The summed E-state index contributed by atoms with van der Waals surface area (Å²) < 4.78 is 27.1. The van der Waals surface area contributed by atoms with Crippen LogP contribution < -0.4 is 4.72 Å². The van der Waals surface area contributed by atoms with Gasteiger partial charge in [0.15, 0.2) is 0 Å². The summed E-state index contributed by atoms with van der Waals surface area (Å²) in [6.45, 7) is 6.19. The lowest BCUT2D eigenvalue weighted by Gasteiger charge is -2.09. The van der Waals surface area contributed by atoms with Gasteiger partial charge in [0.1, 0.15) is 0 Å².